The number of thiophene rings is 1. The van der Waals surface area contributed by atoms with Crippen molar-refractivity contribution >= 4 is 35.1 Å². The Balaban J connectivity index is 1.46. The minimum absolute atomic E-state index is 0.0293. The van der Waals surface area contributed by atoms with Crippen LogP contribution >= 0.6 is 11.3 Å². The number of morpholine rings is 1. The fourth-order valence-electron chi connectivity index (χ4n) is 2.68. The van der Waals surface area contributed by atoms with Crippen molar-refractivity contribution in [2.24, 2.45) is 0 Å². The van der Waals surface area contributed by atoms with Gasteiger partial charge in [0, 0.05) is 24.0 Å². The molecule has 2 aromatic rings. The Morgan fingerprint density at radius 1 is 1.07 bits per heavy atom. The minimum Gasteiger partial charge on any atom is -0.454 e. The van der Waals surface area contributed by atoms with E-state index < -0.39 is 5.97 Å². The molecule has 1 saturated heterocycles. The van der Waals surface area contributed by atoms with Crippen LogP contribution in [0.5, 0.6) is 0 Å². The number of hydrogen-bond acceptors (Lipinski definition) is 6. The predicted octanol–water partition coefficient (Wildman–Crippen LogP) is 2.59. The molecular weight excluding hydrogens is 378 g/mol. The molecule has 0 spiro atoms. The maximum atomic E-state index is 12.3. The standard InChI is InChI=1S/C21H21NO5S/c23-18(15-27-21(25)9-6-16-4-2-1-3-5-16)19-8-7-17(28-19)14-20(24)22-10-12-26-13-11-22/h1-9H,10-15H2/b9-6+. The Morgan fingerprint density at radius 2 is 1.82 bits per heavy atom. The molecule has 1 aromatic carbocycles. The number of benzene rings is 1. The zero-order chi connectivity index (χ0) is 19.8. The maximum Gasteiger partial charge on any atom is 0.331 e. The third kappa shape index (κ3) is 5.87. The first kappa shape index (κ1) is 20.0. The van der Waals surface area contributed by atoms with E-state index in [1.807, 2.05) is 30.3 Å². The lowest BCUT2D eigenvalue weighted by atomic mass is 10.2. The summed E-state index contributed by atoms with van der Waals surface area (Å²) in [5.41, 5.74) is 0.874. The van der Waals surface area contributed by atoms with Crippen molar-refractivity contribution in [3.63, 3.8) is 0 Å². The fourth-order valence-corrected chi connectivity index (χ4v) is 3.60. The minimum atomic E-state index is -0.573. The van der Waals surface area contributed by atoms with Gasteiger partial charge in [0.1, 0.15) is 0 Å². The summed E-state index contributed by atoms with van der Waals surface area (Å²) in [6.07, 6.45) is 3.19. The molecule has 6 nitrogen and oxygen atoms in total. The highest BCUT2D eigenvalue weighted by Crippen LogP contribution is 2.19. The van der Waals surface area contributed by atoms with E-state index in [9.17, 15) is 14.4 Å². The summed E-state index contributed by atoms with van der Waals surface area (Å²) in [5.74, 6) is -0.824. The second kappa shape index (κ2) is 9.96. The van der Waals surface area contributed by atoms with Crippen molar-refractivity contribution < 1.29 is 23.9 Å². The van der Waals surface area contributed by atoms with Crippen LogP contribution in [0.3, 0.4) is 0 Å². The molecular formula is C21H21NO5S. The fraction of sp³-hybridized carbons (Fsp3) is 0.286. The largest absolute Gasteiger partial charge is 0.454 e. The van der Waals surface area contributed by atoms with E-state index in [-0.39, 0.29) is 24.7 Å². The summed E-state index contributed by atoms with van der Waals surface area (Å²) >= 11 is 1.26. The van der Waals surface area contributed by atoms with Gasteiger partial charge in [-0.25, -0.2) is 4.79 Å². The van der Waals surface area contributed by atoms with E-state index in [1.54, 1.807) is 23.1 Å². The predicted molar refractivity (Wildman–Crippen MR) is 106 cm³/mol. The Hall–Kier alpha value is -2.77. The van der Waals surface area contributed by atoms with Gasteiger partial charge in [-0.05, 0) is 23.8 Å². The molecule has 1 aromatic heterocycles. The molecule has 3 rings (SSSR count). The third-order valence-corrected chi connectivity index (χ3v) is 5.31. The van der Waals surface area contributed by atoms with Gasteiger partial charge in [0.15, 0.2) is 6.61 Å². The lowest BCUT2D eigenvalue weighted by Gasteiger charge is -2.26. The molecule has 28 heavy (non-hydrogen) atoms. The van der Waals surface area contributed by atoms with Crippen LogP contribution in [0.15, 0.2) is 48.5 Å². The van der Waals surface area contributed by atoms with Crippen molar-refractivity contribution in [3.05, 3.63) is 63.9 Å². The zero-order valence-corrected chi connectivity index (χ0v) is 16.2. The first-order valence-electron chi connectivity index (χ1n) is 8.99. The summed E-state index contributed by atoms with van der Waals surface area (Å²) in [7, 11) is 0. The van der Waals surface area contributed by atoms with Crippen molar-refractivity contribution in [1.29, 1.82) is 0 Å². The summed E-state index contributed by atoms with van der Waals surface area (Å²) in [6, 6.07) is 12.8. The molecule has 0 unspecified atom stereocenters. The third-order valence-electron chi connectivity index (χ3n) is 4.18. The average molecular weight is 399 g/mol. The summed E-state index contributed by atoms with van der Waals surface area (Å²) < 4.78 is 10.2. The summed E-state index contributed by atoms with van der Waals surface area (Å²) in [5, 5.41) is 0. The quantitative estimate of drug-likeness (QED) is 0.407. The number of hydrogen-bond donors (Lipinski definition) is 0. The highest BCUT2D eigenvalue weighted by Gasteiger charge is 2.19. The molecule has 7 heteroatoms. The van der Waals surface area contributed by atoms with E-state index >= 15 is 0 Å². The van der Waals surface area contributed by atoms with E-state index in [1.165, 1.54) is 17.4 Å². The smallest absolute Gasteiger partial charge is 0.331 e. The van der Waals surface area contributed by atoms with E-state index in [4.69, 9.17) is 9.47 Å². The van der Waals surface area contributed by atoms with E-state index in [0.29, 0.717) is 31.2 Å². The first-order chi connectivity index (χ1) is 13.6. The second-order valence-electron chi connectivity index (χ2n) is 6.21. The molecule has 0 bridgehead atoms. The van der Waals surface area contributed by atoms with E-state index in [2.05, 4.69) is 0 Å². The number of carbonyl (C=O) groups is 3. The number of carbonyl (C=O) groups excluding carboxylic acids is 3. The van der Waals surface area contributed by atoms with Crippen molar-refractivity contribution in [1.82, 2.24) is 4.90 Å². The molecule has 1 amide bonds. The number of ether oxygens (including phenoxy) is 2. The van der Waals surface area contributed by atoms with Gasteiger partial charge in [-0.3, -0.25) is 9.59 Å². The number of esters is 1. The van der Waals surface area contributed by atoms with Crippen LogP contribution in [-0.2, 0) is 25.5 Å². The van der Waals surface area contributed by atoms with Gasteiger partial charge >= 0.3 is 5.97 Å². The Kier molecular flexibility index (Phi) is 7.11. The molecule has 146 valence electrons. The first-order valence-corrected chi connectivity index (χ1v) is 9.81. The lowest BCUT2D eigenvalue weighted by Crippen LogP contribution is -2.41. The SMILES string of the molecule is O=C(/C=C/c1ccccc1)OCC(=O)c1ccc(CC(=O)N2CCOCC2)s1. The van der Waals surface area contributed by atoms with Gasteiger partial charge in [-0.2, -0.15) is 0 Å². The Labute approximate surface area is 167 Å². The average Bonchev–Trinajstić information content (AvgIpc) is 3.20. The molecule has 0 radical (unpaired) electrons. The van der Waals surface area contributed by atoms with Crippen LogP contribution < -0.4 is 0 Å². The Bertz CT molecular complexity index is 853. The van der Waals surface area contributed by atoms with Crippen LogP contribution in [0, 0.1) is 0 Å². The van der Waals surface area contributed by atoms with Crippen molar-refractivity contribution in [3.8, 4) is 0 Å². The number of ketones is 1. The summed E-state index contributed by atoms with van der Waals surface area (Å²) in [6.45, 7) is 1.99. The molecule has 2 heterocycles. The van der Waals surface area contributed by atoms with Gasteiger partial charge in [-0.15, -0.1) is 11.3 Å². The van der Waals surface area contributed by atoms with Crippen LogP contribution in [0.4, 0.5) is 0 Å². The number of amides is 1. The van der Waals surface area contributed by atoms with Crippen LogP contribution in [0.2, 0.25) is 0 Å². The number of nitrogens with zero attached hydrogens (tertiary/aromatic N) is 1. The summed E-state index contributed by atoms with van der Waals surface area (Å²) in [4.78, 5) is 39.3. The van der Waals surface area contributed by atoms with Gasteiger partial charge in [0.05, 0.1) is 24.5 Å². The molecule has 0 atom stereocenters. The maximum absolute atomic E-state index is 12.3. The van der Waals surface area contributed by atoms with Crippen molar-refractivity contribution in [2.45, 2.75) is 6.42 Å². The normalized spacial score (nSPS) is 14.2. The van der Waals surface area contributed by atoms with E-state index in [0.717, 1.165) is 10.4 Å². The molecule has 0 saturated carbocycles. The number of rotatable bonds is 7. The monoisotopic (exact) mass is 399 g/mol. The van der Waals surface area contributed by atoms with Crippen LogP contribution in [-0.4, -0.2) is 55.5 Å². The Morgan fingerprint density at radius 3 is 2.57 bits per heavy atom. The highest BCUT2D eigenvalue weighted by molar-refractivity contribution is 7.14. The second-order valence-corrected chi connectivity index (χ2v) is 7.38. The van der Waals surface area contributed by atoms with Crippen LogP contribution in [0.25, 0.3) is 6.08 Å². The molecule has 1 aliphatic rings. The molecule has 0 aliphatic carbocycles. The molecule has 1 fully saturated rings. The zero-order valence-electron chi connectivity index (χ0n) is 15.3. The lowest BCUT2D eigenvalue weighted by molar-refractivity contribution is -0.136. The number of Topliss-reactive ketones (excluding diaryl/α,β-unsaturated/α-hetero) is 1. The topological polar surface area (TPSA) is 72.9 Å². The highest BCUT2D eigenvalue weighted by atomic mass is 32.1. The molecule has 1 aliphatic heterocycles. The molecule has 0 N–H and O–H groups in total. The van der Waals surface area contributed by atoms with Gasteiger partial charge < -0.3 is 14.4 Å². The van der Waals surface area contributed by atoms with Crippen LogP contribution in [0.1, 0.15) is 20.1 Å². The van der Waals surface area contributed by atoms with Gasteiger partial charge in [-0.1, -0.05) is 30.3 Å². The van der Waals surface area contributed by atoms with Crippen molar-refractivity contribution in [2.75, 3.05) is 32.9 Å². The van der Waals surface area contributed by atoms with Gasteiger partial charge in [0.2, 0.25) is 11.7 Å². The van der Waals surface area contributed by atoms with Gasteiger partial charge in [0.25, 0.3) is 0 Å².